The molecular weight excluding hydrogens is 274 g/mol. The molecule has 0 radical (unpaired) electrons. The van der Waals surface area contributed by atoms with Crippen molar-refractivity contribution in [1.29, 1.82) is 0 Å². The number of hydrogen-bond acceptors (Lipinski definition) is 2. The highest BCUT2D eigenvalue weighted by Gasteiger charge is 2.11. The number of nitrogens with zero attached hydrogens (tertiary/aromatic N) is 3. The van der Waals surface area contributed by atoms with Gasteiger partial charge in [-0.2, -0.15) is 4.98 Å². The van der Waals surface area contributed by atoms with Gasteiger partial charge in [0.1, 0.15) is 0 Å². The Labute approximate surface area is 121 Å². The van der Waals surface area contributed by atoms with Gasteiger partial charge in [-0.25, -0.2) is 0 Å². The number of fused-ring (bicyclic) bond motifs is 3. The second kappa shape index (κ2) is 4.94. The summed E-state index contributed by atoms with van der Waals surface area (Å²) in [5, 5.41) is 1.11. The Morgan fingerprint density at radius 2 is 2.15 bits per heavy atom. The van der Waals surface area contributed by atoms with Crippen molar-refractivity contribution in [3.63, 3.8) is 0 Å². The van der Waals surface area contributed by atoms with Gasteiger partial charge in [-0.15, -0.1) is 0 Å². The molecule has 0 amide bonds. The third kappa shape index (κ3) is 2.00. The Hall–Kier alpha value is -1.81. The van der Waals surface area contributed by atoms with Gasteiger partial charge < -0.3 is 4.57 Å². The minimum absolute atomic E-state index is 0.224. The number of benzene rings is 1. The maximum absolute atomic E-state index is 12.2. The van der Waals surface area contributed by atoms with Gasteiger partial charge >= 0.3 is 0 Å². The Bertz CT molecular complexity index is 848. The van der Waals surface area contributed by atoms with Crippen LogP contribution in [0.2, 0.25) is 5.02 Å². The average molecular weight is 290 g/mol. The predicted octanol–water partition coefficient (Wildman–Crippen LogP) is 3.41. The maximum Gasteiger partial charge on any atom is 0.282 e. The van der Waals surface area contributed by atoms with E-state index in [1.807, 2.05) is 23.6 Å². The van der Waals surface area contributed by atoms with Gasteiger partial charge in [0.05, 0.1) is 10.9 Å². The highest BCUT2D eigenvalue weighted by Crippen LogP contribution is 2.19. The lowest BCUT2D eigenvalue weighted by molar-refractivity contribution is 0.630. The van der Waals surface area contributed by atoms with Crippen LogP contribution in [0.25, 0.3) is 16.7 Å². The molecule has 0 fully saturated rings. The molecule has 3 aromatic rings. The summed E-state index contributed by atoms with van der Waals surface area (Å²) in [5.41, 5.74) is 1.73. The van der Waals surface area contributed by atoms with Crippen molar-refractivity contribution in [2.24, 2.45) is 0 Å². The molecule has 0 saturated carbocycles. The predicted molar refractivity (Wildman–Crippen MR) is 81.6 cm³/mol. The summed E-state index contributed by atoms with van der Waals surface area (Å²) in [6.45, 7) is 5.07. The van der Waals surface area contributed by atoms with Crippen molar-refractivity contribution in [2.45, 2.75) is 33.2 Å². The first-order valence-corrected chi connectivity index (χ1v) is 7.17. The van der Waals surface area contributed by atoms with Gasteiger partial charge in [0.15, 0.2) is 0 Å². The van der Waals surface area contributed by atoms with Gasteiger partial charge in [0, 0.05) is 23.5 Å². The fourth-order valence-corrected chi connectivity index (χ4v) is 2.70. The number of rotatable bonds is 3. The number of hydrogen-bond donors (Lipinski definition) is 0. The summed E-state index contributed by atoms with van der Waals surface area (Å²) in [6.07, 6.45) is 4.20. The zero-order valence-corrected chi connectivity index (χ0v) is 12.3. The van der Waals surface area contributed by atoms with E-state index in [9.17, 15) is 4.79 Å². The van der Waals surface area contributed by atoms with Crippen LogP contribution >= 0.6 is 11.6 Å². The minimum atomic E-state index is -0.224. The second-order valence-corrected chi connectivity index (χ2v) is 5.46. The smallest absolute Gasteiger partial charge is 0.282 e. The zero-order valence-electron chi connectivity index (χ0n) is 11.6. The summed E-state index contributed by atoms with van der Waals surface area (Å²) in [4.78, 5) is 16.4. The average Bonchev–Trinajstić information content (AvgIpc) is 2.73. The number of aromatic nitrogens is 3. The molecule has 0 aliphatic carbocycles. The fourth-order valence-electron chi connectivity index (χ4n) is 2.53. The van der Waals surface area contributed by atoms with Gasteiger partial charge in [-0.05, 0) is 31.5 Å². The van der Waals surface area contributed by atoms with Crippen LogP contribution in [-0.4, -0.2) is 14.0 Å². The lowest BCUT2D eigenvalue weighted by Gasteiger charge is -2.06. The van der Waals surface area contributed by atoms with Crippen LogP contribution in [0.5, 0.6) is 0 Å². The summed E-state index contributed by atoms with van der Waals surface area (Å²) < 4.78 is 4.07. The first-order valence-electron chi connectivity index (χ1n) is 6.79. The van der Waals surface area contributed by atoms with E-state index in [4.69, 9.17) is 11.6 Å². The van der Waals surface area contributed by atoms with Crippen LogP contribution in [0.15, 0.2) is 29.2 Å². The molecule has 104 valence electrons. The lowest BCUT2D eigenvalue weighted by Crippen LogP contribution is -2.12. The number of imidazole rings is 1. The largest absolute Gasteiger partial charge is 0.314 e. The summed E-state index contributed by atoms with van der Waals surface area (Å²) >= 11 is 5.97. The molecule has 0 atom stereocenters. The summed E-state index contributed by atoms with van der Waals surface area (Å²) in [6, 6.07) is 5.35. The first-order chi connectivity index (χ1) is 9.61. The van der Waals surface area contributed by atoms with Gasteiger partial charge in [-0.1, -0.05) is 24.9 Å². The summed E-state index contributed by atoms with van der Waals surface area (Å²) in [5.74, 6) is 0.704. The van der Waals surface area contributed by atoms with Crippen molar-refractivity contribution in [2.75, 3.05) is 0 Å². The van der Waals surface area contributed by atoms with Crippen molar-refractivity contribution in [3.8, 4) is 0 Å². The first kappa shape index (κ1) is 13.2. The molecular formula is C15H16ClN3O. The number of unbranched alkanes of at least 4 members (excludes halogenated alkanes) is 1. The summed E-state index contributed by atoms with van der Waals surface area (Å²) in [7, 11) is 0. The molecule has 0 aliphatic heterocycles. The van der Waals surface area contributed by atoms with Crippen molar-refractivity contribution in [1.82, 2.24) is 14.0 Å². The van der Waals surface area contributed by atoms with Crippen LogP contribution < -0.4 is 5.56 Å². The monoisotopic (exact) mass is 289 g/mol. The normalized spacial score (nSPS) is 11.6. The molecule has 2 aromatic heterocycles. The van der Waals surface area contributed by atoms with Crippen LogP contribution in [0, 0.1) is 6.92 Å². The molecule has 0 aliphatic rings. The van der Waals surface area contributed by atoms with Crippen molar-refractivity contribution in [3.05, 3.63) is 45.5 Å². The fraction of sp³-hybridized carbons (Fsp3) is 0.333. The zero-order chi connectivity index (χ0) is 14.3. The molecule has 2 heterocycles. The molecule has 3 rings (SSSR count). The van der Waals surface area contributed by atoms with Crippen molar-refractivity contribution < 1.29 is 0 Å². The van der Waals surface area contributed by atoms with Gasteiger partial charge in [0.25, 0.3) is 5.56 Å². The van der Waals surface area contributed by atoms with E-state index >= 15 is 0 Å². The van der Waals surface area contributed by atoms with E-state index in [0.717, 1.165) is 30.6 Å². The van der Waals surface area contributed by atoms with E-state index < -0.39 is 0 Å². The molecule has 20 heavy (non-hydrogen) atoms. The van der Waals surface area contributed by atoms with E-state index in [2.05, 4.69) is 16.5 Å². The number of halogens is 1. The number of aryl methyl sites for hydroxylation is 2. The third-order valence-electron chi connectivity index (χ3n) is 3.58. The molecule has 0 spiro atoms. The van der Waals surface area contributed by atoms with E-state index in [-0.39, 0.29) is 5.56 Å². The van der Waals surface area contributed by atoms with Crippen LogP contribution in [0.3, 0.4) is 0 Å². The van der Waals surface area contributed by atoms with Crippen LogP contribution in [-0.2, 0) is 6.54 Å². The van der Waals surface area contributed by atoms with Crippen LogP contribution in [0.1, 0.15) is 25.5 Å². The molecule has 5 heteroatoms. The van der Waals surface area contributed by atoms with Gasteiger partial charge in [0.2, 0.25) is 5.78 Å². The second-order valence-electron chi connectivity index (χ2n) is 5.02. The molecule has 1 aromatic carbocycles. The van der Waals surface area contributed by atoms with E-state index in [0.29, 0.717) is 16.2 Å². The third-order valence-corrected chi connectivity index (χ3v) is 3.82. The van der Waals surface area contributed by atoms with E-state index in [1.165, 1.54) is 0 Å². The Balaban J connectivity index is 2.36. The molecule has 4 nitrogen and oxygen atoms in total. The highest BCUT2D eigenvalue weighted by atomic mass is 35.5. The Morgan fingerprint density at radius 1 is 1.35 bits per heavy atom. The maximum atomic E-state index is 12.2. The molecule has 0 bridgehead atoms. The quantitative estimate of drug-likeness (QED) is 0.741. The topological polar surface area (TPSA) is 39.3 Å². The van der Waals surface area contributed by atoms with E-state index in [1.54, 1.807) is 12.1 Å². The van der Waals surface area contributed by atoms with Crippen molar-refractivity contribution >= 4 is 28.3 Å². The lowest BCUT2D eigenvalue weighted by atomic mass is 10.2. The Morgan fingerprint density at radius 3 is 2.90 bits per heavy atom. The molecule has 0 N–H and O–H groups in total. The minimum Gasteiger partial charge on any atom is -0.314 e. The van der Waals surface area contributed by atoms with Gasteiger partial charge in [-0.3, -0.25) is 9.20 Å². The SMILES string of the molecule is CCCCn1c(C)cn2c3ccc(Cl)cc3c(=O)nc12. The Kier molecular flexibility index (Phi) is 3.26. The molecule has 0 unspecified atom stereocenters. The van der Waals surface area contributed by atoms with Crippen LogP contribution in [0.4, 0.5) is 0 Å². The standard InChI is InChI=1S/C15H16ClN3O/c1-3-4-7-18-10(2)9-19-13-6-5-11(16)8-12(13)14(20)17-15(18)19/h5-6,8-9H,3-4,7H2,1-2H3. The highest BCUT2D eigenvalue weighted by molar-refractivity contribution is 6.31. The molecule has 0 saturated heterocycles.